The van der Waals surface area contributed by atoms with Crippen molar-refractivity contribution in [2.75, 3.05) is 11.1 Å². The van der Waals surface area contributed by atoms with E-state index in [0.717, 1.165) is 6.29 Å². The van der Waals surface area contributed by atoms with Crippen LogP contribution in [-0.2, 0) is 16.1 Å². The molecule has 6 nitrogen and oxygen atoms in total. The van der Waals surface area contributed by atoms with E-state index in [4.69, 9.17) is 5.73 Å². The van der Waals surface area contributed by atoms with E-state index in [1.807, 2.05) is 0 Å². The van der Waals surface area contributed by atoms with Crippen LogP contribution < -0.4 is 11.1 Å². The molecule has 0 aromatic carbocycles. The van der Waals surface area contributed by atoms with E-state index in [2.05, 4.69) is 10.4 Å². The molecule has 0 saturated carbocycles. The standard InChI is InChI=1S/C7H10N4O2/c8-6-4-7(9-5-13)11(10-6)2-1-3-12/h3-5H,1-2H2,(H2,8,10)(H,9,13). The number of nitrogen functional groups attached to an aromatic ring is 1. The lowest BCUT2D eigenvalue weighted by atomic mass is 10.5. The van der Waals surface area contributed by atoms with Crippen LogP contribution in [0.1, 0.15) is 6.42 Å². The van der Waals surface area contributed by atoms with Crippen molar-refractivity contribution in [2.45, 2.75) is 13.0 Å². The first-order chi connectivity index (χ1) is 6.27. The van der Waals surface area contributed by atoms with E-state index in [1.165, 1.54) is 10.7 Å². The van der Waals surface area contributed by atoms with E-state index in [1.54, 1.807) is 0 Å². The maximum absolute atomic E-state index is 10.1. The minimum absolute atomic E-state index is 0.315. The van der Waals surface area contributed by atoms with Crippen LogP contribution in [0.5, 0.6) is 0 Å². The summed E-state index contributed by atoms with van der Waals surface area (Å²) in [7, 11) is 0. The molecule has 13 heavy (non-hydrogen) atoms. The van der Waals surface area contributed by atoms with E-state index >= 15 is 0 Å². The molecule has 6 heteroatoms. The molecule has 0 radical (unpaired) electrons. The number of aldehydes is 1. The predicted octanol–water partition coefficient (Wildman–Crippen LogP) is -0.377. The van der Waals surface area contributed by atoms with Gasteiger partial charge in [-0.2, -0.15) is 5.10 Å². The Morgan fingerprint density at radius 2 is 2.38 bits per heavy atom. The number of carbonyl (C=O) groups excluding carboxylic acids is 2. The quantitative estimate of drug-likeness (QED) is 0.607. The summed E-state index contributed by atoms with van der Waals surface area (Å²) < 4.78 is 1.47. The highest BCUT2D eigenvalue weighted by atomic mass is 16.1. The van der Waals surface area contributed by atoms with Crippen molar-refractivity contribution in [3.63, 3.8) is 0 Å². The molecule has 0 spiro atoms. The summed E-state index contributed by atoms with van der Waals surface area (Å²) in [5.74, 6) is 0.810. The molecule has 1 rings (SSSR count). The predicted molar refractivity (Wildman–Crippen MR) is 47.0 cm³/mol. The molecule has 70 valence electrons. The Hall–Kier alpha value is -1.85. The number of amides is 1. The average molecular weight is 182 g/mol. The van der Waals surface area contributed by atoms with Gasteiger partial charge in [0.05, 0.1) is 0 Å². The topological polar surface area (TPSA) is 90.0 Å². The Bertz CT molecular complexity index is 307. The first kappa shape index (κ1) is 9.24. The Labute approximate surface area is 74.7 Å². The third kappa shape index (κ3) is 2.29. The molecule has 0 saturated heterocycles. The molecule has 0 aliphatic heterocycles. The molecule has 1 aromatic heterocycles. The summed E-state index contributed by atoms with van der Waals surface area (Å²) in [4.78, 5) is 20.2. The zero-order valence-corrected chi connectivity index (χ0v) is 6.93. The van der Waals surface area contributed by atoms with E-state index in [9.17, 15) is 9.59 Å². The minimum Gasteiger partial charge on any atom is -0.382 e. The van der Waals surface area contributed by atoms with Crippen molar-refractivity contribution >= 4 is 24.3 Å². The van der Waals surface area contributed by atoms with Crippen molar-refractivity contribution in [3.8, 4) is 0 Å². The number of nitrogens with zero attached hydrogens (tertiary/aromatic N) is 2. The van der Waals surface area contributed by atoms with Gasteiger partial charge in [0.15, 0.2) is 0 Å². The van der Waals surface area contributed by atoms with Gasteiger partial charge in [-0.05, 0) is 0 Å². The highest BCUT2D eigenvalue weighted by molar-refractivity contribution is 5.70. The number of hydrogen-bond donors (Lipinski definition) is 2. The summed E-state index contributed by atoms with van der Waals surface area (Å²) in [5, 5.41) is 6.31. The molecule has 3 N–H and O–H groups in total. The summed E-state index contributed by atoms with van der Waals surface area (Å²) in [6.45, 7) is 0.414. The average Bonchev–Trinajstić information content (AvgIpc) is 2.44. The van der Waals surface area contributed by atoms with Crippen LogP contribution in [0.2, 0.25) is 0 Å². The van der Waals surface area contributed by atoms with Crippen molar-refractivity contribution in [1.29, 1.82) is 0 Å². The highest BCUT2D eigenvalue weighted by Crippen LogP contribution is 2.11. The lowest BCUT2D eigenvalue weighted by Gasteiger charge is -2.01. The van der Waals surface area contributed by atoms with E-state index in [0.29, 0.717) is 31.0 Å². The Morgan fingerprint density at radius 1 is 1.62 bits per heavy atom. The first-order valence-corrected chi connectivity index (χ1v) is 3.75. The fourth-order valence-corrected chi connectivity index (χ4v) is 0.959. The van der Waals surface area contributed by atoms with Gasteiger partial charge in [-0.1, -0.05) is 0 Å². The second-order valence-corrected chi connectivity index (χ2v) is 2.40. The van der Waals surface area contributed by atoms with Gasteiger partial charge >= 0.3 is 0 Å². The van der Waals surface area contributed by atoms with Gasteiger partial charge < -0.3 is 15.8 Å². The number of nitrogens with one attached hydrogen (secondary N) is 1. The highest BCUT2D eigenvalue weighted by Gasteiger charge is 2.03. The van der Waals surface area contributed by atoms with Crippen molar-refractivity contribution in [1.82, 2.24) is 9.78 Å². The van der Waals surface area contributed by atoms with Crippen LogP contribution in [0.3, 0.4) is 0 Å². The molecule has 1 aromatic rings. The SMILES string of the molecule is Nc1cc(NC=O)n(CCC=O)n1. The zero-order chi connectivity index (χ0) is 9.68. The third-order valence-corrected chi connectivity index (χ3v) is 1.46. The number of rotatable bonds is 5. The van der Waals surface area contributed by atoms with Crippen LogP contribution in [-0.4, -0.2) is 22.5 Å². The van der Waals surface area contributed by atoms with Gasteiger partial charge in [-0.3, -0.25) is 4.79 Å². The Morgan fingerprint density at radius 3 is 3.00 bits per heavy atom. The third-order valence-electron chi connectivity index (χ3n) is 1.46. The van der Waals surface area contributed by atoms with E-state index in [-0.39, 0.29) is 0 Å². The molecule has 0 aliphatic carbocycles. The maximum atomic E-state index is 10.1. The molecule has 1 amide bonds. The molecule has 0 fully saturated rings. The Kier molecular flexibility index (Phi) is 3.02. The van der Waals surface area contributed by atoms with Crippen molar-refractivity contribution < 1.29 is 9.59 Å². The molecule has 0 bridgehead atoms. The largest absolute Gasteiger partial charge is 0.382 e. The van der Waals surface area contributed by atoms with Gasteiger partial charge in [0.25, 0.3) is 0 Å². The van der Waals surface area contributed by atoms with Crippen LogP contribution in [0.25, 0.3) is 0 Å². The molecule has 0 atom stereocenters. The fraction of sp³-hybridized carbons (Fsp3) is 0.286. The number of hydrogen-bond acceptors (Lipinski definition) is 4. The first-order valence-electron chi connectivity index (χ1n) is 3.75. The summed E-state index contributed by atoms with van der Waals surface area (Å²) >= 11 is 0. The fourth-order valence-electron chi connectivity index (χ4n) is 0.959. The number of aryl methyl sites for hydroxylation is 1. The normalized spacial score (nSPS) is 9.54. The van der Waals surface area contributed by atoms with Crippen LogP contribution in [0, 0.1) is 0 Å². The van der Waals surface area contributed by atoms with Crippen LogP contribution in [0.4, 0.5) is 11.6 Å². The number of anilines is 2. The van der Waals surface area contributed by atoms with Gasteiger partial charge in [0.2, 0.25) is 6.41 Å². The van der Waals surface area contributed by atoms with E-state index < -0.39 is 0 Å². The summed E-state index contributed by atoms with van der Waals surface area (Å²) in [5.41, 5.74) is 5.41. The number of carbonyl (C=O) groups is 2. The number of aromatic nitrogens is 2. The summed E-state index contributed by atoms with van der Waals surface area (Å²) in [6, 6.07) is 1.53. The lowest BCUT2D eigenvalue weighted by molar-refractivity contribution is -0.108. The molecule has 0 aliphatic rings. The second-order valence-electron chi connectivity index (χ2n) is 2.40. The van der Waals surface area contributed by atoms with Gasteiger partial charge in [0.1, 0.15) is 17.9 Å². The van der Waals surface area contributed by atoms with Gasteiger partial charge in [0, 0.05) is 19.0 Å². The van der Waals surface area contributed by atoms with Crippen LogP contribution in [0.15, 0.2) is 6.07 Å². The van der Waals surface area contributed by atoms with Gasteiger partial charge in [-0.25, -0.2) is 4.68 Å². The monoisotopic (exact) mass is 182 g/mol. The smallest absolute Gasteiger partial charge is 0.212 e. The molecule has 0 unspecified atom stereocenters. The van der Waals surface area contributed by atoms with Crippen molar-refractivity contribution in [3.05, 3.63) is 6.07 Å². The molecular weight excluding hydrogens is 172 g/mol. The molecular formula is C7H10N4O2. The Balaban J connectivity index is 2.76. The maximum Gasteiger partial charge on any atom is 0.212 e. The lowest BCUT2D eigenvalue weighted by Crippen LogP contribution is -2.07. The second kappa shape index (κ2) is 4.24. The van der Waals surface area contributed by atoms with Crippen molar-refractivity contribution in [2.24, 2.45) is 0 Å². The molecule has 1 heterocycles. The summed E-state index contributed by atoms with van der Waals surface area (Å²) in [6.07, 6.45) is 1.66. The minimum atomic E-state index is 0.315. The number of nitrogens with two attached hydrogens (primary N) is 1. The van der Waals surface area contributed by atoms with Crippen LogP contribution >= 0.6 is 0 Å². The zero-order valence-electron chi connectivity index (χ0n) is 6.93. The van der Waals surface area contributed by atoms with Gasteiger partial charge in [-0.15, -0.1) is 0 Å².